The van der Waals surface area contributed by atoms with Crippen LogP contribution in [0.25, 0.3) is 10.8 Å². The summed E-state index contributed by atoms with van der Waals surface area (Å²) in [4.78, 5) is 27.8. The largest absolute Gasteiger partial charge is 0.496 e. The molecule has 4 aliphatic rings. The zero-order valence-electron chi connectivity index (χ0n) is 20.2. The molecule has 0 aromatic heterocycles. The molecule has 0 spiro atoms. The minimum Gasteiger partial charge on any atom is -0.496 e. The van der Waals surface area contributed by atoms with Crippen LogP contribution in [0.4, 0.5) is 0 Å². The highest BCUT2D eigenvalue weighted by Crippen LogP contribution is 2.38. The van der Waals surface area contributed by atoms with Crippen LogP contribution >= 0.6 is 0 Å². The molecular formula is C30H26O6. The van der Waals surface area contributed by atoms with E-state index in [1.54, 1.807) is 60.7 Å². The Morgan fingerprint density at radius 3 is 1.39 bits per heavy atom. The first-order valence-corrected chi connectivity index (χ1v) is 11.8. The summed E-state index contributed by atoms with van der Waals surface area (Å²) < 4.78 is 22.9. The van der Waals surface area contributed by atoms with Gasteiger partial charge >= 0.3 is 0 Å². The van der Waals surface area contributed by atoms with Crippen molar-refractivity contribution in [2.45, 2.75) is 12.8 Å². The first-order valence-electron chi connectivity index (χ1n) is 11.8. The summed E-state index contributed by atoms with van der Waals surface area (Å²) in [6, 6.07) is 21.2. The van der Waals surface area contributed by atoms with E-state index in [1.807, 2.05) is 12.1 Å². The van der Waals surface area contributed by atoms with Crippen molar-refractivity contribution < 1.29 is 28.5 Å². The summed E-state index contributed by atoms with van der Waals surface area (Å²) in [5, 5.41) is 1.22. The van der Waals surface area contributed by atoms with Crippen molar-refractivity contribution in [1.29, 1.82) is 0 Å². The third kappa shape index (κ3) is 4.38. The molecule has 4 bridgehead atoms. The average Bonchev–Trinajstić information content (AvgIpc) is 2.93. The second-order valence-electron chi connectivity index (χ2n) is 8.49. The Labute approximate surface area is 209 Å². The number of hydrogen-bond donors (Lipinski definition) is 0. The molecule has 6 heteroatoms. The summed E-state index contributed by atoms with van der Waals surface area (Å²) in [7, 11) is 3.02. The van der Waals surface area contributed by atoms with Gasteiger partial charge in [0.2, 0.25) is 0 Å². The Bertz CT molecular complexity index is 1310. The molecule has 4 heterocycles. The van der Waals surface area contributed by atoms with Crippen LogP contribution in [0.1, 0.15) is 44.7 Å². The summed E-state index contributed by atoms with van der Waals surface area (Å²) in [6.07, 6.45) is 1.65. The first-order chi connectivity index (χ1) is 17.6. The van der Waals surface area contributed by atoms with Crippen LogP contribution in [0, 0.1) is 0 Å². The number of carbonyl (C=O) groups excluding carboxylic acids is 2. The molecule has 0 aliphatic carbocycles. The average molecular weight is 483 g/mol. The van der Waals surface area contributed by atoms with Gasteiger partial charge in [-0.25, -0.2) is 0 Å². The van der Waals surface area contributed by atoms with Crippen LogP contribution in [0.15, 0.2) is 72.8 Å². The SMILES string of the molecule is COc1ccc2ccc(OC)c3c2c1C(=O)c1ccc(cc1)OCCCCOc1ccc(cc1)C3=O. The monoisotopic (exact) mass is 482 g/mol. The quantitative estimate of drug-likeness (QED) is 0.356. The highest BCUT2D eigenvalue weighted by molar-refractivity contribution is 6.26. The summed E-state index contributed by atoms with van der Waals surface area (Å²) >= 11 is 0. The van der Waals surface area contributed by atoms with Gasteiger partial charge < -0.3 is 18.9 Å². The molecule has 6 nitrogen and oxygen atoms in total. The first kappa shape index (κ1) is 23.4. The molecular weight excluding hydrogens is 456 g/mol. The van der Waals surface area contributed by atoms with E-state index in [9.17, 15) is 9.59 Å². The van der Waals surface area contributed by atoms with E-state index in [1.165, 1.54) is 14.2 Å². The molecule has 4 aromatic carbocycles. The van der Waals surface area contributed by atoms with Crippen molar-refractivity contribution in [3.8, 4) is 23.0 Å². The third-order valence-corrected chi connectivity index (χ3v) is 6.31. The predicted molar refractivity (Wildman–Crippen MR) is 137 cm³/mol. The lowest BCUT2D eigenvalue weighted by molar-refractivity contribution is 0.103. The van der Waals surface area contributed by atoms with Crippen molar-refractivity contribution in [2.75, 3.05) is 27.4 Å². The van der Waals surface area contributed by atoms with Gasteiger partial charge in [-0.05, 0) is 78.9 Å². The van der Waals surface area contributed by atoms with E-state index in [2.05, 4.69) is 0 Å². The van der Waals surface area contributed by atoms with Gasteiger partial charge in [-0.15, -0.1) is 0 Å². The molecule has 0 saturated heterocycles. The molecule has 182 valence electrons. The Morgan fingerprint density at radius 1 is 0.583 bits per heavy atom. The van der Waals surface area contributed by atoms with Crippen LogP contribution < -0.4 is 18.9 Å². The number of benzene rings is 4. The highest BCUT2D eigenvalue weighted by Gasteiger charge is 2.26. The summed E-state index contributed by atoms with van der Waals surface area (Å²) in [5.41, 5.74) is 1.54. The second kappa shape index (κ2) is 10.1. The fraction of sp³-hybridized carbons (Fsp3) is 0.200. The van der Waals surface area contributed by atoms with Crippen molar-refractivity contribution >= 4 is 22.3 Å². The zero-order valence-corrected chi connectivity index (χ0v) is 20.2. The molecule has 4 aliphatic heterocycles. The summed E-state index contributed by atoms with van der Waals surface area (Å²) in [5.74, 6) is 1.61. The number of hydrogen-bond acceptors (Lipinski definition) is 6. The number of rotatable bonds is 2. The number of methoxy groups -OCH3 is 2. The van der Waals surface area contributed by atoms with Gasteiger partial charge in [0.25, 0.3) is 0 Å². The molecule has 36 heavy (non-hydrogen) atoms. The van der Waals surface area contributed by atoms with Crippen molar-refractivity contribution in [3.63, 3.8) is 0 Å². The van der Waals surface area contributed by atoms with Gasteiger partial charge in [0.1, 0.15) is 23.0 Å². The maximum absolute atomic E-state index is 13.9. The molecule has 4 aromatic rings. The van der Waals surface area contributed by atoms with Gasteiger partial charge in [-0.3, -0.25) is 9.59 Å². The van der Waals surface area contributed by atoms with Gasteiger partial charge in [-0.1, -0.05) is 12.1 Å². The highest BCUT2D eigenvalue weighted by atomic mass is 16.5. The van der Waals surface area contributed by atoms with Crippen LogP contribution in [0.5, 0.6) is 23.0 Å². The van der Waals surface area contributed by atoms with Crippen molar-refractivity contribution in [2.24, 2.45) is 0 Å². The standard InChI is InChI=1S/C30H26O6/c1-33-24-15-9-19-10-16-25(34-2)28-26(19)27(24)29(31)20-5-11-22(12-6-20)35-17-3-4-18-36-23-13-7-21(8-14-23)30(28)32/h5-16H,3-4,17-18H2,1-2H3. The maximum Gasteiger partial charge on any atom is 0.197 e. The Hall–Kier alpha value is -4.32. The Morgan fingerprint density at radius 2 is 1.00 bits per heavy atom. The van der Waals surface area contributed by atoms with Crippen LogP contribution in [-0.2, 0) is 0 Å². The molecule has 0 saturated carbocycles. The number of ether oxygens (including phenoxy) is 4. The minimum atomic E-state index is -0.257. The van der Waals surface area contributed by atoms with Crippen molar-refractivity contribution in [1.82, 2.24) is 0 Å². The Kier molecular flexibility index (Phi) is 6.58. The van der Waals surface area contributed by atoms with Gasteiger partial charge in [0.15, 0.2) is 11.6 Å². The maximum atomic E-state index is 13.9. The minimum absolute atomic E-state index is 0.257. The molecule has 0 fully saturated rings. The van der Waals surface area contributed by atoms with Crippen molar-refractivity contribution in [3.05, 3.63) is 95.1 Å². The van der Waals surface area contributed by atoms with Gasteiger partial charge in [0, 0.05) is 16.5 Å². The zero-order chi connectivity index (χ0) is 25.1. The van der Waals surface area contributed by atoms with Gasteiger partial charge in [-0.2, -0.15) is 0 Å². The fourth-order valence-corrected chi connectivity index (χ4v) is 4.45. The summed E-state index contributed by atoms with van der Waals surface area (Å²) in [6.45, 7) is 1.09. The lowest BCUT2D eigenvalue weighted by Crippen LogP contribution is -2.11. The molecule has 0 amide bonds. The molecule has 0 N–H and O–H groups in total. The van der Waals surface area contributed by atoms with Crippen LogP contribution in [0.3, 0.4) is 0 Å². The van der Waals surface area contributed by atoms with E-state index in [0.717, 1.165) is 18.2 Å². The van der Waals surface area contributed by atoms with E-state index < -0.39 is 0 Å². The Balaban J connectivity index is 1.77. The third-order valence-electron chi connectivity index (χ3n) is 6.31. The molecule has 0 radical (unpaired) electrons. The van der Waals surface area contributed by atoms with Crippen LogP contribution in [0.2, 0.25) is 0 Å². The lowest BCUT2D eigenvalue weighted by atomic mass is 9.89. The van der Waals surface area contributed by atoms with E-state index in [0.29, 0.717) is 63.9 Å². The lowest BCUT2D eigenvalue weighted by Gasteiger charge is -2.17. The topological polar surface area (TPSA) is 71.1 Å². The van der Waals surface area contributed by atoms with Gasteiger partial charge in [0.05, 0.1) is 38.6 Å². The fourth-order valence-electron chi connectivity index (χ4n) is 4.45. The number of carbonyl (C=O) groups is 2. The van der Waals surface area contributed by atoms with Crippen LogP contribution in [-0.4, -0.2) is 39.0 Å². The normalized spacial score (nSPS) is 13.9. The molecule has 8 rings (SSSR count). The smallest absolute Gasteiger partial charge is 0.197 e. The van der Waals surface area contributed by atoms with E-state index in [-0.39, 0.29) is 11.6 Å². The number of ketones is 2. The van der Waals surface area contributed by atoms with E-state index >= 15 is 0 Å². The molecule has 0 unspecified atom stereocenters. The predicted octanol–water partition coefficient (Wildman–Crippen LogP) is 5.87. The molecule has 0 atom stereocenters. The van der Waals surface area contributed by atoms with E-state index in [4.69, 9.17) is 18.9 Å². The second-order valence-corrected chi connectivity index (χ2v) is 8.49.